The summed E-state index contributed by atoms with van der Waals surface area (Å²) in [5, 5.41) is 0. The molecule has 1 aliphatic rings. The first-order valence-electron chi connectivity index (χ1n) is 5.44. The van der Waals surface area contributed by atoms with E-state index < -0.39 is 8.03 Å². The van der Waals surface area contributed by atoms with Crippen molar-refractivity contribution in [1.29, 1.82) is 0 Å². The highest BCUT2D eigenvalue weighted by molar-refractivity contribution is 7.38. The van der Waals surface area contributed by atoms with Gasteiger partial charge in [0.15, 0.2) is 8.03 Å². The highest BCUT2D eigenvalue weighted by atomic mass is 31.1. The molecule has 0 bridgehead atoms. The molecule has 1 aliphatic carbocycles. The van der Waals surface area contributed by atoms with E-state index in [-0.39, 0.29) is 5.66 Å². The molecule has 0 aromatic heterocycles. The van der Waals surface area contributed by atoms with Gasteiger partial charge in [0.25, 0.3) is 0 Å². The summed E-state index contributed by atoms with van der Waals surface area (Å²) in [5.74, 6) is 0.511. The lowest BCUT2D eigenvalue weighted by molar-refractivity contribution is 0.358. The van der Waals surface area contributed by atoms with Gasteiger partial charge in [-0.05, 0) is 18.8 Å². The smallest absolute Gasteiger partial charge is 0.192 e. The van der Waals surface area contributed by atoms with Crippen molar-refractivity contribution in [2.45, 2.75) is 57.5 Å². The van der Waals surface area contributed by atoms with Gasteiger partial charge in [-0.15, -0.1) is 0 Å². The van der Waals surface area contributed by atoms with E-state index >= 15 is 0 Å². The molecule has 0 radical (unpaired) electrons. The van der Waals surface area contributed by atoms with Gasteiger partial charge in [0.05, 0.1) is 0 Å². The SMILES string of the molecule is CC(C1CCCCCCC1)[PH](=O)O. The Labute approximate surface area is 81.6 Å². The molecular weight excluding hydrogens is 183 g/mol. The second-order valence-electron chi connectivity index (χ2n) is 4.23. The molecular formula is C10H21O2P. The van der Waals surface area contributed by atoms with E-state index in [2.05, 4.69) is 0 Å². The minimum Gasteiger partial charge on any atom is -0.346 e. The molecule has 0 aromatic rings. The Balaban J connectivity index is 2.40. The Kier molecular flexibility index (Phi) is 5.05. The topological polar surface area (TPSA) is 37.3 Å². The fourth-order valence-corrected chi connectivity index (χ4v) is 2.93. The van der Waals surface area contributed by atoms with Crippen molar-refractivity contribution in [2.75, 3.05) is 0 Å². The fraction of sp³-hybridized carbons (Fsp3) is 1.00. The Morgan fingerprint density at radius 1 is 1.15 bits per heavy atom. The standard InChI is InChI=1S/C10H21O2P/c1-9(13(11)12)10-7-5-3-2-4-6-8-10/h9-10,13H,2-8H2,1H3,(H,11,12). The van der Waals surface area contributed by atoms with E-state index in [0.29, 0.717) is 5.92 Å². The first-order valence-corrected chi connectivity index (χ1v) is 6.88. The largest absolute Gasteiger partial charge is 0.346 e. The van der Waals surface area contributed by atoms with E-state index in [1.807, 2.05) is 6.92 Å². The second kappa shape index (κ2) is 5.82. The van der Waals surface area contributed by atoms with Crippen molar-refractivity contribution >= 4 is 8.03 Å². The molecule has 0 aliphatic heterocycles. The summed E-state index contributed by atoms with van der Waals surface area (Å²) in [4.78, 5) is 9.08. The van der Waals surface area contributed by atoms with E-state index in [4.69, 9.17) is 4.89 Å². The first-order chi connectivity index (χ1) is 6.22. The predicted molar refractivity (Wildman–Crippen MR) is 56.5 cm³/mol. The average molecular weight is 204 g/mol. The summed E-state index contributed by atoms with van der Waals surface area (Å²) in [6.07, 6.45) is 8.82. The molecule has 0 amide bonds. The Bertz CT molecular complexity index is 162. The van der Waals surface area contributed by atoms with Crippen molar-refractivity contribution in [1.82, 2.24) is 0 Å². The molecule has 0 saturated heterocycles. The molecule has 78 valence electrons. The molecule has 13 heavy (non-hydrogen) atoms. The van der Waals surface area contributed by atoms with Crippen LogP contribution in [-0.4, -0.2) is 10.6 Å². The zero-order chi connectivity index (χ0) is 9.68. The second-order valence-corrected chi connectivity index (χ2v) is 5.82. The van der Waals surface area contributed by atoms with Gasteiger partial charge < -0.3 is 4.89 Å². The lowest BCUT2D eigenvalue weighted by Crippen LogP contribution is -2.15. The van der Waals surface area contributed by atoms with Crippen LogP contribution in [0.4, 0.5) is 0 Å². The maximum absolute atomic E-state index is 11.0. The average Bonchev–Trinajstić information content (AvgIpc) is 2.02. The third-order valence-electron chi connectivity index (χ3n) is 3.25. The summed E-state index contributed by atoms with van der Waals surface area (Å²) >= 11 is 0. The molecule has 2 nitrogen and oxygen atoms in total. The van der Waals surface area contributed by atoms with Crippen molar-refractivity contribution < 1.29 is 9.46 Å². The minimum atomic E-state index is -2.29. The van der Waals surface area contributed by atoms with Crippen LogP contribution < -0.4 is 0 Å². The summed E-state index contributed by atoms with van der Waals surface area (Å²) < 4.78 is 11.0. The maximum atomic E-state index is 11.0. The van der Waals surface area contributed by atoms with Gasteiger partial charge in [-0.25, -0.2) is 0 Å². The molecule has 1 saturated carbocycles. The lowest BCUT2D eigenvalue weighted by atomic mass is 9.89. The van der Waals surface area contributed by atoms with Crippen LogP contribution in [-0.2, 0) is 4.57 Å². The third-order valence-corrected chi connectivity index (χ3v) is 4.50. The zero-order valence-electron chi connectivity index (χ0n) is 8.46. The van der Waals surface area contributed by atoms with Crippen LogP contribution >= 0.6 is 8.03 Å². The molecule has 0 aromatic carbocycles. The number of hydrogen-bond donors (Lipinski definition) is 1. The van der Waals surface area contributed by atoms with Crippen LogP contribution in [0.5, 0.6) is 0 Å². The molecule has 2 unspecified atom stereocenters. The van der Waals surface area contributed by atoms with Crippen LogP contribution in [0.1, 0.15) is 51.9 Å². The maximum Gasteiger partial charge on any atom is 0.192 e. The molecule has 1 rings (SSSR count). The van der Waals surface area contributed by atoms with E-state index in [0.717, 1.165) is 12.8 Å². The number of hydrogen-bond acceptors (Lipinski definition) is 1. The lowest BCUT2D eigenvalue weighted by Gasteiger charge is -2.23. The Hall–Kier alpha value is 0.190. The molecule has 1 N–H and O–H groups in total. The van der Waals surface area contributed by atoms with Crippen molar-refractivity contribution in [3.05, 3.63) is 0 Å². The van der Waals surface area contributed by atoms with Gasteiger partial charge in [0, 0.05) is 5.66 Å². The van der Waals surface area contributed by atoms with Gasteiger partial charge in [-0.3, -0.25) is 4.57 Å². The van der Waals surface area contributed by atoms with Gasteiger partial charge in [-0.1, -0.05) is 39.0 Å². The summed E-state index contributed by atoms with van der Waals surface area (Å²) in [7, 11) is -2.29. The highest BCUT2D eigenvalue weighted by Crippen LogP contribution is 2.35. The van der Waals surface area contributed by atoms with Gasteiger partial charge >= 0.3 is 0 Å². The van der Waals surface area contributed by atoms with E-state index in [9.17, 15) is 4.57 Å². The van der Waals surface area contributed by atoms with E-state index in [1.165, 1.54) is 32.1 Å². The number of rotatable bonds is 2. The third kappa shape index (κ3) is 3.83. The predicted octanol–water partition coefficient (Wildman–Crippen LogP) is 3.20. The van der Waals surface area contributed by atoms with Crippen LogP contribution in [0.3, 0.4) is 0 Å². The molecule has 1 fully saturated rings. The molecule has 0 heterocycles. The molecule has 2 atom stereocenters. The van der Waals surface area contributed by atoms with Crippen molar-refractivity contribution in [2.24, 2.45) is 5.92 Å². The minimum absolute atomic E-state index is 0.0445. The molecule has 0 spiro atoms. The van der Waals surface area contributed by atoms with Crippen LogP contribution in [0.25, 0.3) is 0 Å². The van der Waals surface area contributed by atoms with Crippen LogP contribution in [0.15, 0.2) is 0 Å². The summed E-state index contributed by atoms with van der Waals surface area (Å²) in [6.45, 7) is 1.94. The molecule has 3 heteroatoms. The van der Waals surface area contributed by atoms with Gasteiger partial charge in [0.2, 0.25) is 0 Å². The van der Waals surface area contributed by atoms with Gasteiger partial charge in [-0.2, -0.15) is 0 Å². The van der Waals surface area contributed by atoms with Gasteiger partial charge in [0.1, 0.15) is 0 Å². The van der Waals surface area contributed by atoms with Crippen LogP contribution in [0.2, 0.25) is 0 Å². The monoisotopic (exact) mass is 204 g/mol. The first kappa shape index (κ1) is 11.3. The van der Waals surface area contributed by atoms with Crippen LogP contribution in [0, 0.1) is 5.92 Å². The van der Waals surface area contributed by atoms with Crippen molar-refractivity contribution in [3.8, 4) is 0 Å². The van der Waals surface area contributed by atoms with Crippen molar-refractivity contribution in [3.63, 3.8) is 0 Å². The fourth-order valence-electron chi connectivity index (χ4n) is 2.19. The van der Waals surface area contributed by atoms with E-state index in [1.54, 1.807) is 0 Å². The quantitative estimate of drug-likeness (QED) is 0.701. The summed E-state index contributed by atoms with van der Waals surface area (Å²) in [5.41, 5.74) is 0.0445. The zero-order valence-corrected chi connectivity index (χ0v) is 9.46. The summed E-state index contributed by atoms with van der Waals surface area (Å²) in [6, 6.07) is 0. The Morgan fingerprint density at radius 3 is 2.08 bits per heavy atom. The normalized spacial score (nSPS) is 26.0. The highest BCUT2D eigenvalue weighted by Gasteiger charge is 2.21. The Morgan fingerprint density at radius 2 is 1.62 bits per heavy atom.